The number of hydrogen-bond acceptors (Lipinski definition) is 8. The fourth-order valence-corrected chi connectivity index (χ4v) is 6.54. The summed E-state index contributed by atoms with van der Waals surface area (Å²) < 4.78 is 42.1. The van der Waals surface area contributed by atoms with Gasteiger partial charge in [-0.2, -0.15) is 0 Å². The van der Waals surface area contributed by atoms with Crippen LogP contribution in [-0.2, 0) is 35.6 Å². The maximum Gasteiger partial charge on any atom is 0.311 e. The van der Waals surface area contributed by atoms with E-state index in [-0.39, 0.29) is 42.4 Å². The first-order valence-electron chi connectivity index (χ1n) is 18.2. The first-order valence-corrected chi connectivity index (χ1v) is 18.2. The van der Waals surface area contributed by atoms with Crippen molar-refractivity contribution in [2.45, 2.75) is 129 Å². The van der Waals surface area contributed by atoms with Gasteiger partial charge in [0.2, 0.25) is 11.2 Å². The minimum atomic E-state index is -0.935. The Morgan fingerprint density at radius 1 is 1.00 bits per heavy atom. The first-order chi connectivity index (χ1) is 24.7. The van der Waals surface area contributed by atoms with Crippen LogP contribution in [0.3, 0.4) is 0 Å². The maximum atomic E-state index is 14.2. The van der Waals surface area contributed by atoms with Gasteiger partial charge in [0.15, 0.2) is 11.9 Å². The number of nitrogens with zero attached hydrogens (tertiary/aromatic N) is 5. The minimum Gasteiger partial charge on any atom is -0.420 e. The molecule has 4 heterocycles. The summed E-state index contributed by atoms with van der Waals surface area (Å²) in [5.41, 5.74) is -0.463. The molecular formula is C37H48F2N6O6. The Morgan fingerprint density at radius 2 is 1.75 bits per heavy atom. The largest absolute Gasteiger partial charge is 0.420 e. The molecule has 2 aliphatic heterocycles. The number of amides is 2. The fraction of sp³-hybridized carbons (Fsp3) is 0.568. The van der Waals surface area contributed by atoms with E-state index in [4.69, 9.17) is 9.47 Å². The van der Waals surface area contributed by atoms with Crippen molar-refractivity contribution in [3.63, 3.8) is 0 Å². The molecule has 1 N–H and O–H groups in total. The van der Waals surface area contributed by atoms with Gasteiger partial charge in [-0.15, -0.1) is 5.10 Å². The van der Waals surface area contributed by atoms with E-state index in [0.29, 0.717) is 19.1 Å². The topological polar surface area (TPSA) is 138 Å². The molecule has 0 bridgehead atoms. The second kappa shape index (κ2) is 18.2. The number of fused-ring (bicyclic) bond motifs is 2. The van der Waals surface area contributed by atoms with Crippen LogP contribution in [-0.4, -0.2) is 61.1 Å². The number of hydrogen-bond donors (Lipinski definition) is 1. The third kappa shape index (κ3) is 9.87. The van der Waals surface area contributed by atoms with E-state index in [1.807, 2.05) is 17.8 Å². The van der Waals surface area contributed by atoms with Crippen LogP contribution in [0.2, 0.25) is 0 Å². The van der Waals surface area contributed by atoms with Crippen LogP contribution < -0.4 is 15.5 Å². The molecule has 51 heavy (non-hydrogen) atoms. The van der Waals surface area contributed by atoms with Gasteiger partial charge >= 0.3 is 5.97 Å². The fourth-order valence-electron chi connectivity index (χ4n) is 6.54. The van der Waals surface area contributed by atoms with Crippen LogP contribution in [0.25, 0.3) is 0 Å². The maximum absolute atomic E-state index is 14.2. The molecule has 2 aromatic heterocycles. The summed E-state index contributed by atoms with van der Waals surface area (Å²) in [6.45, 7) is 5.00. The molecule has 0 radical (unpaired) electrons. The molecule has 2 aliphatic rings. The molecule has 0 saturated carbocycles. The van der Waals surface area contributed by atoms with E-state index in [1.165, 1.54) is 53.8 Å². The van der Waals surface area contributed by atoms with Gasteiger partial charge in [0.25, 0.3) is 11.8 Å². The van der Waals surface area contributed by atoms with Gasteiger partial charge in [0.1, 0.15) is 17.2 Å². The second-order valence-electron chi connectivity index (χ2n) is 13.5. The molecular weight excluding hydrogens is 662 g/mol. The Morgan fingerprint density at radius 3 is 2.53 bits per heavy atom. The summed E-state index contributed by atoms with van der Waals surface area (Å²) in [5, 5.41) is 11.0. The average Bonchev–Trinajstić information content (AvgIpc) is 3.72. The standard InChI is InChI=1S/C37H48F2N6O6/c1-3-4-5-6-10-13-18-44-21-28(41-42-44)14-11-8-7-9-12-15-32(46)51-35-33-37(49)45-25(2)24-50-31(45)23-43(33)22-29(34(35)47)36(48)40-20-26-16-17-27(38)19-30(26)39/h16-17,19,21-22,25,31H,3-15,18,20,23-24H2,1-2H3,(H,40,48)/t25-,31+/m0/s1. The highest BCUT2D eigenvalue weighted by molar-refractivity contribution is 6.00. The van der Waals surface area contributed by atoms with E-state index >= 15 is 0 Å². The number of esters is 1. The molecule has 12 nitrogen and oxygen atoms in total. The van der Waals surface area contributed by atoms with Crippen molar-refractivity contribution in [3.8, 4) is 5.75 Å². The van der Waals surface area contributed by atoms with Crippen LogP contribution in [0.4, 0.5) is 8.78 Å². The predicted octanol–water partition coefficient (Wildman–Crippen LogP) is 5.70. The molecule has 0 spiro atoms. The normalized spacial score (nSPS) is 16.6. The zero-order valence-corrected chi connectivity index (χ0v) is 29.5. The van der Waals surface area contributed by atoms with Gasteiger partial charge in [-0.1, -0.05) is 69.6 Å². The lowest BCUT2D eigenvalue weighted by atomic mass is 10.1. The Kier molecular flexibility index (Phi) is 13.5. The molecule has 1 fully saturated rings. The van der Waals surface area contributed by atoms with Crippen molar-refractivity contribution in [3.05, 3.63) is 75.0 Å². The molecule has 2 atom stereocenters. The van der Waals surface area contributed by atoms with Crippen LogP contribution in [0.5, 0.6) is 5.75 Å². The number of carbonyl (C=O) groups is 3. The third-order valence-corrected chi connectivity index (χ3v) is 9.40. The number of carbonyl (C=O) groups excluding carboxylic acids is 3. The number of ether oxygens (including phenoxy) is 2. The summed E-state index contributed by atoms with van der Waals surface area (Å²) in [7, 11) is 0. The molecule has 14 heteroatoms. The monoisotopic (exact) mass is 710 g/mol. The average molecular weight is 711 g/mol. The summed E-state index contributed by atoms with van der Waals surface area (Å²) in [6, 6.07) is 2.68. The van der Waals surface area contributed by atoms with Crippen LogP contribution >= 0.6 is 0 Å². The number of rotatable bonds is 19. The lowest BCUT2D eigenvalue weighted by Crippen LogP contribution is -2.49. The Balaban J connectivity index is 1.13. The number of aryl methyl sites for hydroxylation is 2. The number of pyridine rings is 1. The number of unbranched alkanes of at least 4 members (excludes halogenated alkanes) is 9. The zero-order valence-electron chi connectivity index (χ0n) is 29.5. The first kappa shape index (κ1) is 37.8. The van der Waals surface area contributed by atoms with E-state index in [9.17, 15) is 28.0 Å². The van der Waals surface area contributed by atoms with Crippen LogP contribution in [0.15, 0.2) is 35.4 Å². The second-order valence-corrected chi connectivity index (χ2v) is 13.5. The molecule has 0 aliphatic carbocycles. The summed E-state index contributed by atoms with van der Waals surface area (Å²) in [6.07, 6.45) is 15.0. The lowest BCUT2D eigenvalue weighted by molar-refractivity contribution is -0.134. The van der Waals surface area contributed by atoms with Crippen molar-refractivity contribution in [1.29, 1.82) is 0 Å². The summed E-state index contributed by atoms with van der Waals surface area (Å²) in [4.78, 5) is 54.9. The Bertz CT molecular complexity index is 1740. The highest BCUT2D eigenvalue weighted by Crippen LogP contribution is 2.30. The predicted molar refractivity (Wildman–Crippen MR) is 184 cm³/mol. The smallest absolute Gasteiger partial charge is 0.311 e. The van der Waals surface area contributed by atoms with E-state index in [1.54, 1.807) is 0 Å². The SMILES string of the molecule is CCCCCCCCn1cc(CCCCCCCC(=O)Oc2c3n(cc(C(=O)NCc4ccc(F)cc4F)c2=O)C[C@H]2OC[C@H](C)N2C3=O)nn1. The van der Waals surface area contributed by atoms with Crippen molar-refractivity contribution < 1.29 is 32.6 Å². The summed E-state index contributed by atoms with van der Waals surface area (Å²) >= 11 is 0. The van der Waals surface area contributed by atoms with Crippen LogP contribution in [0, 0.1) is 11.6 Å². The van der Waals surface area contributed by atoms with Gasteiger partial charge in [0.05, 0.1) is 24.9 Å². The Labute approximate surface area is 296 Å². The number of halogens is 2. The van der Waals surface area contributed by atoms with Crippen molar-refractivity contribution in [2.75, 3.05) is 6.61 Å². The number of aromatic nitrogens is 4. The molecule has 1 aromatic carbocycles. The minimum absolute atomic E-state index is 0.0141. The van der Waals surface area contributed by atoms with Gasteiger partial charge in [-0.05, 0) is 38.7 Å². The number of nitrogens with one attached hydrogen (secondary N) is 1. The van der Waals surface area contributed by atoms with E-state index in [2.05, 4.69) is 22.6 Å². The van der Waals surface area contributed by atoms with Crippen molar-refractivity contribution in [2.24, 2.45) is 0 Å². The summed E-state index contributed by atoms with van der Waals surface area (Å²) in [5.74, 6) is -4.24. The molecule has 0 unspecified atom stereocenters. The molecule has 1 saturated heterocycles. The van der Waals surface area contributed by atoms with Gasteiger partial charge in [0, 0.05) is 43.5 Å². The molecule has 5 rings (SSSR count). The van der Waals surface area contributed by atoms with E-state index in [0.717, 1.165) is 56.8 Å². The van der Waals surface area contributed by atoms with Crippen molar-refractivity contribution >= 4 is 17.8 Å². The van der Waals surface area contributed by atoms with Gasteiger partial charge in [-0.3, -0.25) is 23.9 Å². The highest BCUT2D eigenvalue weighted by Gasteiger charge is 2.43. The third-order valence-electron chi connectivity index (χ3n) is 9.40. The van der Waals surface area contributed by atoms with Crippen LogP contribution in [0.1, 0.15) is 123 Å². The molecule has 3 aromatic rings. The molecule has 2 amide bonds. The lowest BCUT2D eigenvalue weighted by Gasteiger charge is -2.34. The van der Waals surface area contributed by atoms with Crippen molar-refractivity contribution in [1.82, 2.24) is 29.8 Å². The quantitative estimate of drug-likeness (QED) is 0.124. The molecule has 276 valence electrons. The van der Waals surface area contributed by atoms with E-state index < -0.39 is 46.8 Å². The highest BCUT2D eigenvalue weighted by atomic mass is 19.1. The Hall–Kier alpha value is -4.46. The number of benzene rings is 1. The van der Waals surface area contributed by atoms with Gasteiger partial charge in [-0.25, -0.2) is 8.78 Å². The van der Waals surface area contributed by atoms with Gasteiger partial charge < -0.3 is 24.3 Å². The zero-order chi connectivity index (χ0) is 36.3.